The first kappa shape index (κ1) is 27.4. The SMILES string of the molecule is CN(C)c1cccc2c(S(=O)(=O)N[C@@H](Cc3ccc(O)cc3)C(=O)O)cccc12.NC1CCCCC1. The molecule has 5 N–H and O–H groups in total. The Kier molecular flexibility index (Phi) is 9.31. The Balaban J connectivity index is 0.000000444. The van der Waals surface area contributed by atoms with Crippen molar-refractivity contribution in [2.45, 2.75) is 55.5 Å². The van der Waals surface area contributed by atoms with E-state index in [0.717, 1.165) is 11.1 Å². The number of nitrogens with two attached hydrogens (primary N) is 1. The second-order valence-corrected chi connectivity index (χ2v) is 11.0. The first-order valence-corrected chi connectivity index (χ1v) is 13.5. The largest absolute Gasteiger partial charge is 0.508 e. The van der Waals surface area contributed by atoms with E-state index in [9.17, 15) is 23.4 Å². The number of phenolic OH excluding ortho intramolecular Hbond substituents is 1. The van der Waals surface area contributed by atoms with Gasteiger partial charge < -0.3 is 20.8 Å². The number of benzene rings is 3. The minimum absolute atomic E-state index is 0.0238. The van der Waals surface area contributed by atoms with Crippen molar-refractivity contribution in [1.82, 2.24) is 4.72 Å². The molecule has 0 amide bonds. The number of carboxylic acids is 1. The van der Waals surface area contributed by atoms with E-state index in [1.54, 1.807) is 30.3 Å². The first-order valence-electron chi connectivity index (χ1n) is 12.1. The van der Waals surface area contributed by atoms with Crippen molar-refractivity contribution in [2.75, 3.05) is 19.0 Å². The minimum Gasteiger partial charge on any atom is -0.508 e. The summed E-state index contributed by atoms with van der Waals surface area (Å²) in [5.74, 6) is -1.23. The lowest BCUT2D eigenvalue weighted by atomic mass is 9.97. The molecule has 1 atom stereocenters. The van der Waals surface area contributed by atoms with E-state index in [0.29, 0.717) is 17.0 Å². The Bertz CT molecular complexity index is 1270. The monoisotopic (exact) mass is 513 g/mol. The lowest BCUT2D eigenvalue weighted by molar-refractivity contribution is -0.138. The average molecular weight is 514 g/mol. The zero-order chi connectivity index (χ0) is 26.3. The molecule has 0 heterocycles. The van der Waals surface area contributed by atoms with Crippen LogP contribution in [0.1, 0.15) is 37.7 Å². The van der Waals surface area contributed by atoms with Crippen LogP contribution in [0.15, 0.2) is 65.6 Å². The topological polar surface area (TPSA) is 133 Å². The molecule has 3 aromatic rings. The van der Waals surface area contributed by atoms with Crippen LogP contribution in [0.25, 0.3) is 10.8 Å². The van der Waals surface area contributed by atoms with Crippen LogP contribution in [0.5, 0.6) is 5.75 Å². The number of aliphatic carboxylic acids is 1. The molecule has 1 fully saturated rings. The molecule has 1 saturated carbocycles. The van der Waals surface area contributed by atoms with Gasteiger partial charge in [-0.25, -0.2) is 8.42 Å². The van der Waals surface area contributed by atoms with Gasteiger partial charge in [-0.05, 0) is 49.1 Å². The molecule has 0 aliphatic heterocycles. The molecular formula is C27H35N3O5S. The van der Waals surface area contributed by atoms with Gasteiger partial charge in [-0.1, -0.05) is 55.7 Å². The predicted molar refractivity (Wildman–Crippen MR) is 143 cm³/mol. The first-order chi connectivity index (χ1) is 17.1. The van der Waals surface area contributed by atoms with Crippen molar-refractivity contribution in [3.63, 3.8) is 0 Å². The molecule has 0 spiro atoms. The number of carbonyl (C=O) groups is 1. The summed E-state index contributed by atoms with van der Waals surface area (Å²) in [6, 6.07) is 15.4. The molecular weight excluding hydrogens is 478 g/mol. The van der Waals surface area contributed by atoms with E-state index in [4.69, 9.17) is 5.73 Å². The van der Waals surface area contributed by atoms with E-state index in [-0.39, 0.29) is 17.1 Å². The van der Waals surface area contributed by atoms with Crippen LogP contribution in [0.2, 0.25) is 0 Å². The van der Waals surface area contributed by atoms with Crippen LogP contribution in [-0.2, 0) is 21.2 Å². The molecule has 8 nitrogen and oxygen atoms in total. The molecule has 1 aliphatic carbocycles. The zero-order valence-electron chi connectivity index (χ0n) is 20.7. The van der Waals surface area contributed by atoms with Gasteiger partial charge in [0.25, 0.3) is 0 Å². The average Bonchev–Trinajstić information content (AvgIpc) is 2.84. The van der Waals surface area contributed by atoms with E-state index in [1.165, 1.54) is 50.3 Å². The van der Waals surface area contributed by atoms with Gasteiger partial charge in [-0.15, -0.1) is 0 Å². The third kappa shape index (κ3) is 7.19. The Morgan fingerprint density at radius 1 is 1.00 bits per heavy atom. The molecule has 9 heteroatoms. The molecule has 0 aromatic heterocycles. The number of carboxylic acid groups (broad SMARTS) is 1. The Labute approximate surface area is 212 Å². The maximum absolute atomic E-state index is 13.1. The lowest BCUT2D eigenvalue weighted by Crippen LogP contribution is -2.42. The molecule has 36 heavy (non-hydrogen) atoms. The molecule has 0 radical (unpaired) electrons. The third-order valence-corrected chi connectivity index (χ3v) is 7.78. The molecule has 194 valence electrons. The van der Waals surface area contributed by atoms with Crippen molar-refractivity contribution >= 4 is 32.5 Å². The quantitative estimate of drug-likeness (QED) is 0.377. The number of anilines is 1. The maximum atomic E-state index is 13.1. The number of rotatable bonds is 7. The highest BCUT2D eigenvalue weighted by Gasteiger charge is 2.27. The molecule has 3 aromatic carbocycles. The van der Waals surface area contributed by atoms with Gasteiger partial charge in [0, 0.05) is 36.6 Å². The van der Waals surface area contributed by atoms with Gasteiger partial charge in [-0.3, -0.25) is 4.79 Å². The zero-order valence-corrected chi connectivity index (χ0v) is 21.5. The minimum atomic E-state index is -4.10. The Morgan fingerprint density at radius 3 is 2.17 bits per heavy atom. The van der Waals surface area contributed by atoms with E-state index >= 15 is 0 Å². The number of fused-ring (bicyclic) bond motifs is 1. The second-order valence-electron chi connectivity index (χ2n) is 9.30. The van der Waals surface area contributed by atoms with Gasteiger partial charge in [-0.2, -0.15) is 4.72 Å². The van der Waals surface area contributed by atoms with Crippen molar-refractivity contribution < 1.29 is 23.4 Å². The standard InChI is InChI=1S/C21H22N2O5S.C6H13N/c1-23(2)19-7-3-6-17-16(19)5-4-8-20(17)29(27,28)22-18(21(25)26)13-14-9-11-15(24)12-10-14;7-6-4-2-1-3-5-6/h3-12,18,22,24H,13H2,1-2H3,(H,25,26);6H,1-5,7H2/t18-;/m0./s1. The number of phenols is 1. The van der Waals surface area contributed by atoms with Crippen molar-refractivity contribution in [1.29, 1.82) is 0 Å². The van der Waals surface area contributed by atoms with Crippen LogP contribution in [0.3, 0.4) is 0 Å². The van der Waals surface area contributed by atoms with Gasteiger partial charge in [0.1, 0.15) is 11.8 Å². The summed E-state index contributed by atoms with van der Waals surface area (Å²) < 4.78 is 28.4. The van der Waals surface area contributed by atoms with Crippen LogP contribution < -0.4 is 15.4 Å². The van der Waals surface area contributed by atoms with Gasteiger partial charge in [0.2, 0.25) is 10.0 Å². The number of aromatic hydroxyl groups is 1. The Morgan fingerprint density at radius 2 is 1.61 bits per heavy atom. The Hall–Kier alpha value is -3.14. The second kappa shape index (κ2) is 12.2. The van der Waals surface area contributed by atoms with Crippen LogP contribution in [-0.4, -0.2) is 50.8 Å². The molecule has 4 rings (SSSR count). The highest BCUT2D eigenvalue weighted by Crippen LogP contribution is 2.30. The summed E-state index contributed by atoms with van der Waals surface area (Å²) in [5, 5.41) is 20.2. The summed E-state index contributed by atoms with van der Waals surface area (Å²) in [6.07, 6.45) is 6.61. The number of hydrogen-bond acceptors (Lipinski definition) is 6. The summed E-state index contributed by atoms with van der Waals surface area (Å²) in [6.45, 7) is 0. The highest BCUT2D eigenvalue weighted by atomic mass is 32.2. The van der Waals surface area contributed by atoms with Crippen molar-refractivity contribution in [3.8, 4) is 5.75 Å². The summed E-state index contributed by atoms with van der Waals surface area (Å²) in [5.41, 5.74) is 7.08. The number of nitrogens with one attached hydrogen (secondary N) is 1. The van der Waals surface area contributed by atoms with E-state index in [1.807, 2.05) is 31.1 Å². The summed E-state index contributed by atoms with van der Waals surface area (Å²) in [7, 11) is -0.366. The maximum Gasteiger partial charge on any atom is 0.322 e. The van der Waals surface area contributed by atoms with Gasteiger partial charge in [0.15, 0.2) is 0 Å². The predicted octanol–water partition coefficient (Wildman–Crippen LogP) is 3.86. The van der Waals surface area contributed by atoms with Crippen molar-refractivity contribution in [3.05, 3.63) is 66.2 Å². The lowest BCUT2D eigenvalue weighted by Gasteiger charge is -2.19. The van der Waals surface area contributed by atoms with E-state index in [2.05, 4.69) is 4.72 Å². The third-order valence-electron chi connectivity index (χ3n) is 6.25. The normalized spacial score (nSPS) is 15.1. The smallest absolute Gasteiger partial charge is 0.322 e. The van der Waals surface area contributed by atoms with E-state index < -0.39 is 22.0 Å². The number of nitrogens with zero attached hydrogens (tertiary/aromatic N) is 1. The van der Waals surface area contributed by atoms with Crippen LogP contribution >= 0.6 is 0 Å². The highest BCUT2D eigenvalue weighted by molar-refractivity contribution is 7.89. The summed E-state index contributed by atoms with van der Waals surface area (Å²) in [4.78, 5) is 13.6. The fourth-order valence-corrected chi connectivity index (χ4v) is 5.73. The fraction of sp³-hybridized carbons (Fsp3) is 0.370. The summed E-state index contributed by atoms with van der Waals surface area (Å²) >= 11 is 0. The van der Waals surface area contributed by atoms with Gasteiger partial charge >= 0.3 is 5.97 Å². The van der Waals surface area contributed by atoms with Crippen molar-refractivity contribution in [2.24, 2.45) is 5.73 Å². The number of hydrogen-bond donors (Lipinski definition) is 4. The molecule has 0 saturated heterocycles. The fourth-order valence-electron chi connectivity index (χ4n) is 4.32. The molecule has 0 unspecified atom stereocenters. The van der Waals surface area contributed by atoms with Crippen LogP contribution in [0.4, 0.5) is 5.69 Å². The molecule has 1 aliphatic rings. The molecule has 0 bridgehead atoms. The van der Waals surface area contributed by atoms with Crippen LogP contribution in [0, 0.1) is 0 Å². The number of sulfonamides is 1. The van der Waals surface area contributed by atoms with Gasteiger partial charge in [0.05, 0.1) is 4.90 Å².